The molecule has 0 aliphatic rings. The van der Waals surface area contributed by atoms with Crippen molar-refractivity contribution >= 4 is 22.9 Å². The number of nitrogens with zero attached hydrogens (tertiary/aromatic N) is 1. The lowest BCUT2D eigenvalue weighted by Crippen LogP contribution is -1.95. The van der Waals surface area contributed by atoms with Crippen LogP contribution in [-0.2, 0) is 13.0 Å². The van der Waals surface area contributed by atoms with Crippen LogP contribution >= 0.6 is 22.9 Å². The number of halogens is 1. The van der Waals surface area contributed by atoms with Crippen molar-refractivity contribution < 1.29 is 0 Å². The summed E-state index contributed by atoms with van der Waals surface area (Å²) in [5, 5.41) is 0.918. The van der Waals surface area contributed by atoms with Gasteiger partial charge in [0.25, 0.3) is 0 Å². The van der Waals surface area contributed by atoms with E-state index in [1.54, 1.807) is 0 Å². The van der Waals surface area contributed by atoms with Crippen LogP contribution in [-0.4, -0.2) is 4.98 Å². The van der Waals surface area contributed by atoms with E-state index in [2.05, 4.69) is 4.98 Å². The molecule has 10 heavy (non-hydrogen) atoms. The third kappa shape index (κ3) is 1.48. The maximum atomic E-state index is 5.82. The SMILES string of the molecule is CCc1nc(CN)sc1Cl. The van der Waals surface area contributed by atoms with E-state index in [9.17, 15) is 0 Å². The van der Waals surface area contributed by atoms with E-state index in [1.165, 1.54) is 11.3 Å². The molecule has 0 amide bonds. The van der Waals surface area contributed by atoms with Crippen LogP contribution < -0.4 is 5.73 Å². The molecule has 2 nitrogen and oxygen atoms in total. The Morgan fingerprint density at radius 2 is 2.40 bits per heavy atom. The molecular formula is C6H9ClN2S. The first-order valence-electron chi connectivity index (χ1n) is 3.12. The van der Waals surface area contributed by atoms with Gasteiger partial charge in [-0.25, -0.2) is 4.98 Å². The van der Waals surface area contributed by atoms with Crippen LogP contribution in [0.4, 0.5) is 0 Å². The molecule has 0 radical (unpaired) electrons. The van der Waals surface area contributed by atoms with Crippen LogP contribution in [0.1, 0.15) is 17.6 Å². The molecule has 1 aromatic heterocycles. The van der Waals surface area contributed by atoms with Crippen molar-refractivity contribution in [1.82, 2.24) is 4.98 Å². The monoisotopic (exact) mass is 176 g/mol. The molecule has 2 N–H and O–H groups in total. The Balaban J connectivity index is 2.92. The second-order valence-corrected chi connectivity index (χ2v) is 3.57. The molecule has 0 unspecified atom stereocenters. The van der Waals surface area contributed by atoms with Crippen LogP contribution in [0.5, 0.6) is 0 Å². The molecule has 0 saturated carbocycles. The minimum atomic E-state index is 0.490. The Hall–Kier alpha value is -0.120. The van der Waals surface area contributed by atoms with E-state index in [0.717, 1.165) is 21.5 Å². The maximum absolute atomic E-state index is 5.82. The minimum Gasteiger partial charge on any atom is -0.325 e. The van der Waals surface area contributed by atoms with E-state index in [4.69, 9.17) is 17.3 Å². The lowest BCUT2D eigenvalue weighted by atomic mass is 10.4. The highest BCUT2D eigenvalue weighted by Crippen LogP contribution is 2.23. The van der Waals surface area contributed by atoms with Crippen LogP contribution in [0.15, 0.2) is 0 Å². The lowest BCUT2D eigenvalue weighted by molar-refractivity contribution is 0.980. The zero-order valence-corrected chi connectivity index (χ0v) is 7.30. The smallest absolute Gasteiger partial charge is 0.116 e. The highest BCUT2D eigenvalue weighted by molar-refractivity contribution is 7.16. The Morgan fingerprint density at radius 1 is 1.70 bits per heavy atom. The van der Waals surface area contributed by atoms with Crippen LogP contribution in [0.3, 0.4) is 0 Å². The number of hydrogen-bond acceptors (Lipinski definition) is 3. The molecule has 0 aliphatic heterocycles. The van der Waals surface area contributed by atoms with Gasteiger partial charge in [-0.2, -0.15) is 0 Å². The van der Waals surface area contributed by atoms with Crippen LogP contribution in [0.2, 0.25) is 4.34 Å². The zero-order valence-electron chi connectivity index (χ0n) is 5.72. The summed E-state index contributed by atoms with van der Waals surface area (Å²) in [6.45, 7) is 2.52. The van der Waals surface area contributed by atoms with Crippen molar-refractivity contribution in [3.05, 3.63) is 15.0 Å². The Bertz CT molecular complexity index is 222. The first-order valence-corrected chi connectivity index (χ1v) is 4.31. The second-order valence-electron chi connectivity index (χ2n) is 1.89. The van der Waals surface area contributed by atoms with Gasteiger partial charge in [0.2, 0.25) is 0 Å². The number of rotatable bonds is 2. The molecule has 0 aliphatic carbocycles. The molecule has 4 heteroatoms. The summed E-state index contributed by atoms with van der Waals surface area (Å²) >= 11 is 7.29. The highest BCUT2D eigenvalue weighted by Gasteiger charge is 2.04. The average Bonchev–Trinajstić information content (AvgIpc) is 2.30. The standard InChI is InChI=1S/C6H9ClN2S/c1-2-4-6(7)10-5(3-8)9-4/h2-3,8H2,1H3. The van der Waals surface area contributed by atoms with E-state index in [0.29, 0.717) is 6.54 Å². The molecular weight excluding hydrogens is 168 g/mol. The number of nitrogens with two attached hydrogens (primary N) is 1. The van der Waals surface area contributed by atoms with Crippen molar-refractivity contribution in [2.24, 2.45) is 5.73 Å². The number of aryl methyl sites for hydroxylation is 1. The topological polar surface area (TPSA) is 38.9 Å². The molecule has 0 aromatic carbocycles. The predicted octanol–water partition coefficient (Wildman–Crippen LogP) is 1.82. The maximum Gasteiger partial charge on any atom is 0.116 e. The second kappa shape index (κ2) is 3.32. The van der Waals surface area contributed by atoms with Crippen molar-refractivity contribution in [2.75, 3.05) is 0 Å². The number of hydrogen-bond donors (Lipinski definition) is 1. The zero-order chi connectivity index (χ0) is 7.56. The van der Waals surface area contributed by atoms with Gasteiger partial charge in [0, 0.05) is 6.54 Å². The molecule has 1 heterocycles. The molecule has 0 bridgehead atoms. The fourth-order valence-electron chi connectivity index (χ4n) is 0.685. The summed E-state index contributed by atoms with van der Waals surface area (Å²) < 4.78 is 0.781. The Morgan fingerprint density at radius 3 is 2.70 bits per heavy atom. The quantitative estimate of drug-likeness (QED) is 0.747. The average molecular weight is 177 g/mol. The summed E-state index contributed by atoms with van der Waals surface area (Å²) in [6.07, 6.45) is 0.884. The van der Waals surface area contributed by atoms with Crippen LogP contribution in [0, 0.1) is 0 Å². The van der Waals surface area contributed by atoms with E-state index in [1.807, 2.05) is 6.92 Å². The molecule has 0 fully saturated rings. The van der Waals surface area contributed by atoms with E-state index in [-0.39, 0.29) is 0 Å². The first kappa shape index (κ1) is 7.98. The van der Waals surface area contributed by atoms with Gasteiger partial charge in [-0.05, 0) is 6.42 Å². The molecule has 0 saturated heterocycles. The van der Waals surface area contributed by atoms with Gasteiger partial charge in [0.15, 0.2) is 0 Å². The molecule has 56 valence electrons. The fourth-order valence-corrected chi connectivity index (χ4v) is 1.88. The summed E-state index contributed by atoms with van der Waals surface area (Å²) in [6, 6.07) is 0. The normalized spacial score (nSPS) is 10.3. The van der Waals surface area contributed by atoms with Gasteiger partial charge in [-0.1, -0.05) is 18.5 Å². The fraction of sp³-hybridized carbons (Fsp3) is 0.500. The van der Waals surface area contributed by atoms with Crippen molar-refractivity contribution in [1.29, 1.82) is 0 Å². The molecule has 0 spiro atoms. The van der Waals surface area contributed by atoms with E-state index < -0.39 is 0 Å². The summed E-state index contributed by atoms with van der Waals surface area (Å²) in [5.41, 5.74) is 6.34. The van der Waals surface area contributed by atoms with Gasteiger partial charge in [-0.15, -0.1) is 11.3 Å². The summed E-state index contributed by atoms with van der Waals surface area (Å²) in [4.78, 5) is 4.21. The van der Waals surface area contributed by atoms with Crippen molar-refractivity contribution in [3.63, 3.8) is 0 Å². The highest BCUT2D eigenvalue weighted by atomic mass is 35.5. The van der Waals surface area contributed by atoms with Crippen LogP contribution in [0.25, 0.3) is 0 Å². The number of thiazole rings is 1. The Labute approximate surface area is 69.0 Å². The van der Waals surface area contributed by atoms with Gasteiger partial charge in [-0.3, -0.25) is 0 Å². The predicted molar refractivity (Wildman–Crippen MR) is 44.4 cm³/mol. The van der Waals surface area contributed by atoms with Crippen molar-refractivity contribution in [3.8, 4) is 0 Å². The minimum absolute atomic E-state index is 0.490. The van der Waals surface area contributed by atoms with Gasteiger partial charge < -0.3 is 5.73 Å². The third-order valence-electron chi connectivity index (χ3n) is 1.20. The largest absolute Gasteiger partial charge is 0.325 e. The van der Waals surface area contributed by atoms with Gasteiger partial charge >= 0.3 is 0 Å². The third-order valence-corrected chi connectivity index (χ3v) is 2.56. The lowest BCUT2D eigenvalue weighted by Gasteiger charge is -1.84. The van der Waals surface area contributed by atoms with E-state index >= 15 is 0 Å². The number of aromatic nitrogens is 1. The van der Waals surface area contributed by atoms with Gasteiger partial charge in [0.1, 0.15) is 9.34 Å². The first-order chi connectivity index (χ1) is 4.77. The summed E-state index contributed by atoms with van der Waals surface area (Å²) in [5.74, 6) is 0. The molecule has 1 aromatic rings. The molecule has 0 atom stereocenters. The molecule has 1 rings (SSSR count). The Kier molecular flexibility index (Phi) is 2.65. The summed E-state index contributed by atoms with van der Waals surface area (Å²) in [7, 11) is 0. The van der Waals surface area contributed by atoms with Gasteiger partial charge in [0.05, 0.1) is 5.69 Å². The van der Waals surface area contributed by atoms with Crippen molar-refractivity contribution in [2.45, 2.75) is 19.9 Å².